The Labute approximate surface area is 92.9 Å². The normalized spacial score (nSPS) is 26.5. The van der Waals surface area contributed by atoms with Crippen LogP contribution in [-0.4, -0.2) is 13.1 Å². The Morgan fingerprint density at radius 3 is 2.67 bits per heavy atom. The van der Waals surface area contributed by atoms with Crippen LogP contribution in [0.15, 0.2) is 30.3 Å². The van der Waals surface area contributed by atoms with Crippen LogP contribution in [0, 0.1) is 0 Å². The van der Waals surface area contributed by atoms with Crippen molar-refractivity contribution in [3.63, 3.8) is 0 Å². The highest BCUT2D eigenvalue weighted by molar-refractivity contribution is 5.26. The van der Waals surface area contributed by atoms with Crippen LogP contribution in [0.2, 0.25) is 0 Å². The van der Waals surface area contributed by atoms with Crippen LogP contribution in [0.5, 0.6) is 0 Å². The van der Waals surface area contributed by atoms with E-state index in [1.165, 1.54) is 37.8 Å². The number of rotatable bonds is 3. The highest BCUT2D eigenvalue weighted by atomic mass is 14.9. The summed E-state index contributed by atoms with van der Waals surface area (Å²) in [5.41, 5.74) is 1.94. The Hall–Kier alpha value is -0.820. The van der Waals surface area contributed by atoms with Gasteiger partial charge in [0.25, 0.3) is 0 Å². The van der Waals surface area contributed by atoms with E-state index in [0.29, 0.717) is 5.41 Å². The van der Waals surface area contributed by atoms with Crippen LogP contribution in [0.25, 0.3) is 0 Å². The average molecular weight is 203 g/mol. The summed E-state index contributed by atoms with van der Waals surface area (Å²) in [6.45, 7) is 4.64. The molecule has 1 atom stereocenters. The van der Waals surface area contributed by atoms with Crippen LogP contribution < -0.4 is 5.32 Å². The maximum Gasteiger partial charge on any atom is 0.00781 e. The summed E-state index contributed by atoms with van der Waals surface area (Å²) in [6, 6.07) is 11.0. The molecule has 0 radical (unpaired) electrons. The zero-order valence-corrected chi connectivity index (χ0v) is 9.63. The minimum atomic E-state index is 0.411. The van der Waals surface area contributed by atoms with Crippen LogP contribution in [-0.2, 0) is 5.41 Å². The lowest BCUT2D eigenvalue weighted by molar-refractivity contribution is 0.290. The zero-order valence-electron chi connectivity index (χ0n) is 9.63. The molecular formula is C14H21N. The summed E-state index contributed by atoms with van der Waals surface area (Å²) < 4.78 is 0. The van der Waals surface area contributed by atoms with E-state index in [4.69, 9.17) is 0 Å². The largest absolute Gasteiger partial charge is 0.316 e. The minimum Gasteiger partial charge on any atom is -0.316 e. The molecule has 1 aromatic rings. The highest BCUT2D eigenvalue weighted by Crippen LogP contribution is 2.35. The third kappa shape index (κ3) is 2.23. The van der Waals surface area contributed by atoms with Crippen molar-refractivity contribution < 1.29 is 0 Å². The van der Waals surface area contributed by atoms with E-state index in [2.05, 4.69) is 42.6 Å². The zero-order chi connectivity index (χ0) is 10.6. The summed E-state index contributed by atoms with van der Waals surface area (Å²) in [4.78, 5) is 0. The predicted octanol–water partition coefficient (Wildman–Crippen LogP) is 3.11. The monoisotopic (exact) mass is 203 g/mol. The number of nitrogens with one attached hydrogen (secondary N) is 1. The first-order valence-electron chi connectivity index (χ1n) is 6.14. The van der Waals surface area contributed by atoms with E-state index in [1.54, 1.807) is 0 Å². The van der Waals surface area contributed by atoms with Crippen LogP contribution >= 0.6 is 0 Å². The fraction of sp³-hybridized carbons (Fsp3) is 0.571. The van der Waals surface area contributed by atoms with Gasteiger partial charge in [-0.25, -0.2) is 0 Å². The smallest absolute Gasteiger partial charge is 0.00781 e. The third-order valence-electron chi connectivity index (χ3n) is 3.59. The van der Waals surface area contributed by atoms with E-state index < -0.39 is 0 Å². The van der Waals surface area contributed by atoms with Crippen molar-refractivity contribution in [2.45, 2.75) is 38.0 Å². The molecule has 1 fully saturated rings. The summed E-state index contributed by atoms with van der Waals surface area (Å²) in [6.07, 6.45) is 5.24. The molecule has 1 aliphatic rings. The minimum absolute atomic E-state index is 0.411. The van der Waals surface area contributed by atoms with E-state index in [9.17, 15) is 0 Å². The Morgan fingerprint density at radius 1 is 1.27 bits per heavy atom. The van der Waals surface area contributed by atoms with Crippen LogP contribution in [0.3, 0.4) is 0 Å². The first kappa shape index (κ1) is 10.7. The third-order valence-corrected chi connectivity index (χ3v) is 3.59. The van der Waals surface area contributed by atoms with Gasteiger partial charge in [-0.3, -0.25) is 0 Å². The summed E-state index contributed by atoms with van der Waals surface area (Å²) in [7, 11) is 0. The Kier molecular flexibility index (Phi) is 3.42. The fourth-order valence-corrected chi connectivity index (χ4v) is 2.84. The molecule has 1 unspecified atom stereocenters. The number of piperidine rings is 1. The van der Waals surface area contributed by atoms with Gasteiger partial charge in [0, 0.05) is 12.0 Å². The van der Waals surface area contributed by atoms with Crippen molar-refractivity contribution in [2.75, 3.05) is 13.1 Å². The molecule has 0 aliphatic carbocycles. The average Bonchev–Trinajstić information content (AvgIpc) is 2.32. The van der Waals surface area contributed by atoms with Crippen molar-refractivity contribution in [2.24, 2.45) is 0 Å². The topological polar surface area (TPSA) is 12.0 Å². The molecular weight excluding hydrogens is 182 g/mol. The summed E-state index contributed by atoms with van der Waals surface area (Å²) in [5.74, 6) is 0. The maximum atomic E-state index is 3.56. The lowest BCUT2D eigenvalue weighted by Gasteiger charge is -2.38. The predicted molar refractivity (Wildman–Crippen MR) is 65.1 cm³/mol. The van der Waals surface area contributed by atoms with Gasteiger partial charge in [0.2, 0.25) is 0 Å². The second kappa shape index (κ2) is 4.80. The molecule has 1 saturated heterocycles. The molecule has 15 heavy (non-hydrogen) atoms. The second-order valence-electron chi connectivity index (χ2n) is 4.68. The standard InChI is InChI=1S/C14H21N/c1-2-9-14(10-6-11-15-12-14)13-7-4-3-5-8-13/h3-5,7-8,15H,2,6,9-12H2,1H3. The Balaban J connectivity index is 2.25. The van der Waals surface area contributed by atoms with Crippen molar-refractivity contribution in [1.29, 1.82) is 0 Å². The lowest BCUT2D eigenvalue weighted by atomic mass is 9.72. The molecule has 1 aliphatic heterocycles. The first-order valence-corrected chi connectivity index (χ1v) is 6.14. The van der Waals surface area contributed by atoms with Crippen LogP contribution in [0.1, 0.15) is 38.2 Å². The molecule has 2 rings (SSSR count). The van der Waals surface area contributed by atoms with Gasteiger partial charge in [-0.2, -0.15) is 0 Å². The first-order chi connectivity index (χ1) is 7.37. The number of benzene rings is 1. The van der Waals surface area contributed by atoms with Crippen molar-refractivity contribution in [3.05, 3.63) is 35.9 Å². The molecule has 1 heteroatoms. The van der Waals surface area contributed by atoms with Gasteiger partial charge in [-0.1, -0.05) is 43.7 Å². The van der Waals surface area contributed by atoms with Crippen LogP contribution in [0.4, 0.5) is 0 Å². The quantitative estimate of drug-likeness (QED) is 0.796. The molecule has 0 amide bonds. The molecule has 1 aromatic carbocycles. The Bertz CT molecular complexity index is 280. The van der Waals surface area contributed by atoms with E-state index in [1.807, 2.05) is 0 Å². The second-order valence-corrected chi connectivity index (χ2v) is 4.68. The molecule has 0 bridgehead atoms. The molecule has 1 heterocycles. The molecule has 82 valence electrons. The summed E-state index contributed by atoms with van der Waals surface area (Å²) in [5, 5.41) is 3.56. The summed E-state index contributed by atoms with van der Waals surface area (Å²) >= 11 is 0. The number of hydrogen-bond donors (Lipinski definition) is 1. The van der Waals surface area contributed by atoms with Gasteiger partial charge in [-0.15, -0.1) is 0 Å². The fourth-order valence-electron chi connectivity index (χ4n) is 2.84. The van der Waals surface area contributed by atoms with Gasteiger partial charge >= 0.3 is 0 Å². The molecule has 0 saturated carbocycles. The molecule has 1 N–H and O–H groups in total. The Morgan fingerprint density at radius 2 is 2.07 bits per heavy atom. The van der Waals surface area contributed by atoms with Gasteiger partial charge in [0.1, 0.15) is 0 Å². The maximum absolute atomic E-state index is 3.56. The van der Waals surface area contributed by atoms with Crippen molar-refractivity contribution in [1.82, 2.24) is 5.32 Å². The number of hydrogen-bond acceptors (Lipinski definition) is 1. The molecule has 0 spiro atoms. The van der Waals surface area contributed by atoms with Crippen molar-refractivity contribution >= 4 is 0 Å². The van der Waals surface area contributed by atoms with E-state index in [0.717, 1.165) is 6.54 Å². The van der Waals surface area contributed by atoms with Crippen molar-refractivity contribution in [3.8, 4) is 0 Å². The van der Waals surface area contributed by atoms with E-state index >= 15 is 0 Å². The van der Waals surface area contributed by atoms with Gasteiger partial charge < -0.3 is 5.32 Å². The lowest BCUT2D eigenvalue weighted by Crippen LogP contribution is -2.43. The van der Waals surface area contributed by atoms with Gasteiger partial charge in [0.05, 0.1) is 0 Å². The highest BCUT2D eigenvalue weighted by Gasteiger charge is 2.32. The molecule has 1 nitrogen and oxygen atoms in total. The SMILES string of the molecule is CCCC1(c2ccccc2)CCCNC1. The van der Waals surface area contributed by atoms with Gasteiger partial charge in [0.15, 0.2) is 0 Å². The molecule has 0 aromatic heterocycles. The van der Waals surface area contributed by atoms with Gasteiger partial charge in [-0.05, 0) is 31.4 Å². The van der Waals surface area contributed by atoms with E-state index in [-0.39, 0.29) is 0 Å².